The zero-order valence-corrected chi connectivity index (χ0v) is 10.9. The highest BCUT2D eigenvalue weighted by atomic mass is 31.1. The van der Waals surface area contributed by atoms with Gasteiger partial charge in [0.15, 0.2) is 0 Å². The Morgan fingerprint density at radius 3 is 1.47 bits per heavy atom. The molecule has 0 rings (SSSR count). The summed E-state index contributed by atoms with van der Waals surface area (Å²) < 4.78 is 20.5. The van der Waals surface area contributed by atoms with E-state index in [9.17, 15) is 9.13 Å². The summed E-state index contributed by atoms with van der Waals surface area (Å²) in [4.78, 5) is 0. The molecule has 0 radical (unpaired) electrons. The van der Waals surface area contributed by atoms with E-state index in [1.807, 2.05) is 0 Å². The van der Waals surface area contributed by atoms with Gasteiger partial charge in [-0.15, -0.1) is 0 Å². The number of rotatable bonds is 11. The van der Waals surface area contributed by atoms with Gasteiger partial charge in [0.1, 0.15) is 0 Å². The van der Waals surface area contributed by atoms with E-state index in [0.717, 1.165) is 12.8 Å². The molecule has 0 atom stereocenters. The van der Waals surface area contributed by atoms with Crippen LogP contribution >= 0.6 is 7.68 Å². The smallest absolute Gasteiger partial charge is 0.237 e. The molecule has 0 amide bonds. The minimum absolute atomic E-state index is 0.381. The molecule has 0 fully saturated rings. The van der Waals surface area contributed by atoms with Gasteiger partial charge in [0.05, 0.1) is 6.16 Å². The van der Waals surface area contributed by atoms with Crippen LogP contribution < -0.4 is 0 Å². The second-order valence-corrected chi connectivity index (χ2v) is 5.35. The first kappa shape index (κ1) is 14.9. The molecule has 0 aromatic carbocycles. The zero-order chi connectivity index (χ0) is 11.4. The Morgan fingerprint density at radius 1 is 0.667 bits per heavy atom. The molecule has 2 nitrogen and oxygen atoms in total. The predicted molar refractivity (Wildman–Crippen MR) is 65.0 cm³/mol. The standard InChI is InChI=1S/C12H25O2P/c1-2-3-4-5-6-7-8-9-10-11-12-15(13)14/h2-12H2,1H3. The maximum Gasteiger partial charge on any atom is 0.315 e. The largest absolute Gasteiger partial charge is 0.315 e. The first-order valence-corrected chi connectivity index (χ1v) is 7.75. The molecule has 0 spiro atoms. The number of hydrogen-bond donors (Lipinski definition) is 0. The third-order valence-electron chi connectivity index (χ3n) is 2.69. The summed E-state index contributed by atoms with van der Waals surface area (Å²) in [7, 11) is -2.14. The lowest BCUT2D eigenvalue weighted by Gasteiger charge is -2.00. The van der Waals surface area contributed by atoms with Gasteiger partial charge in [-0.25, -0.2) is 9.13 Å². The third-order valence-corrected chi connectivity index (χ3v) is 3.38. The fraction of sp³-hybridized carbons (Fsp3) is 1.00. The highest BCUT2D eigenvalue weighted by Crippen LogP contribution is 2.12. The fourth-order valence-corrected chi connectivity index (χ4v) is 2.21. The molecular weight excluding hydrogens is 207 g/mol. The molecule has 15 heavy (non-hydrogen) atoms. The van der Waals surface area contributed by atoms with E-state index in [1.165, 1.54) is 51.4 Å². The summed E-state index contributed by atoms with van der Waals surface area (Å²) in [5.74, 6) is 0. The average Bonchev–Trinajstić information content (AvgIpc) is 2.20. The monoisotopic (exact) mass is 232 g/mol. The lowest BCUT2D eigenvalue weighted by molar-refractivity contribution is 0.510. The van der Waals surface area contributed by atoms with Crippen molar-refractivity contribution < 1.29 is 9.13 Å². The summed E-state index contributed by atoms with van der Waals surface area (Å²) in [6.07, 6.45) is 12.9. The Morgan fingerprint density at radius 2 is 1.07 bits per heavy atom. The molecule has 0 aromatic rings. The topological polar surface area (TPSA) is 34.1 Å². The van der Waals surface area contributed by atoms with Crippen molar-refractivity contribution in [3.63, 3.8) is 0 Å². The van der Waals surface area contributed by atoms with Crippen molar-refractivity contribution in [3.05, 3.63) is 0 Å². The van der Waals surface area contributed by atoms with Crippen molar-refractivity contribution in [1.82, 2.24) is 0 Å². The van der Waals surface area contributed by atoms with E-state index in [4.69, 9.17) is 0 Å². The van der Waals surface area contributed by atoms with Crippen molar-refractivity contribution in [3.8, 4) is 0 Å². The molecule has 0 aliphatic heterocycles. The molecule has 0 heterocycles. The van der Waals surface area contributed by atoms with Gasteiger partial charge >= 0.3 is 7.68 Å². The van der Waals surface area contributed by atoms with Crippen LogP contribution in [-0.4, -0.2) is 6.16 Å². The van der Waals surface area contributed by atoms with Gasteiger partial charge < -0.3 is 0 Å². The molecule has 3 heteroatoms. The highest BCUT2D eigenvalue weighted by molar-refractivity contribution is 7.30. The second kappa shape index (κ2) is 12.0. The Balaban J connectivity index is 2.92. The predicted octanol–water partition coefficient (Wildman–Crippen LogP) is 5.08. The third kappa shape index (κ3) is 13.9. The van der Waals surface area contributed by atoms with Crippen molar-refractivity contribution in [2.75, 3.05) is 6.16 Å². The van der Waals surface area contributed by atoms with E-state index in [-0.39, 0.29) is 0 Å². The molecule has 0 aliphatic rings. The van der Waals surface area contributed by atoms with Gasteiger partial charge in [0.2, 0.25) is 0 Å². The van der Waals surface area contributed by atoms with Crippen LogP contribution in [0, 0.1) is 0 Å². The maximum atomic E-state index is 10.3. The molecular formula is C12H25O2P. The Kier molecular flexibility index (Phi) is 11.9. The van der Waals surface area contributed by atoms with Gasteiger partial charge in [-0.3, -0.25) is 0 Å². The second-order valence-electron chi connectivity index (χ2n) is 4.24. The lowest BCUT2D eigenvalue weighted by Crippen LogP contribution is -1.82. The highest BCUT2D eigenvalue weighted by Gasteiger charge is 1.94. The minimum Gasteiger partial charge on any atom is -0.237 e. The summed E-state index contributed by atoms with van der Waals surface area (Å²) in [5, 5.41) is 0. The van der Waals surface area contributed by atoms with Crippen LogP contribution in [0.4, 0.5) is 0 Å². The molecule has 0 aliphatic carbocycles. The normalized spacial score (nSPS) is 10.5. The van der Waals surface area contributed by atoms with Crippen LogP contribution in [0.25, 0.3) is 0 Å². The number of hydrogen-bond acceptors (Lipinski definition) is 2. The van der Waals surface area contributed by atoms with Crippen molar-refractivity contribution in [2.24, 2.45) is 0 Å². The maximum absolute atomic E-state index is 10.3. The van der Waals surface area contributed by atoms with Gasteiger partial charge in [-0.2, -0.15) is 0 Å². The minimum atomic E-state index is -2.14. The quantitative estimate of drug-likeness (QED) is 0.367. The van der Waals surface area contributed by atoms with Crippen LogP contribution in [0.2, 0.25) is 0 Å². The molecule has 0 bridgehead atoms. The van der Waals surface area contributed by atoms with E-state index in [1.54, 1.807) is 0 Å². The first-order chi connectivity index (χ1) is 7.27. The Hall–Kier alpha value is -0.100. The summed E-state index contributed by atoms with van der Waals surface area (Å²) in [6.45, 7) is 2.24. The number of unbranched alkanes of at least 4 members (excludes halogenated alkanes) is 9. The molecule has 0 saturated carbocycles. The van der Waals surface area contributed by atoms with Crippen LogP contribution in [-0.2, 0) is 9.13 Å². The van der Waals surface area contributed by atoms with E-state index < -0.39 is 7.68 Å². The van der Waals surface area contributed by atoms with Crippen molar-refractivity contribution in [2.45, 2.75) is 71.1 Å². The van der Waals surface area contributed by atoms with Gasteiger partial charge in [-0.1, -0.05) is 64.7 Å². The molecule has 0 aromatic heterocycles. The van der Waals surface area contributed by atoms with Crippen LogP contribution in [0.15, 0.2) is 0 Å². The molecule has 0 saturated heterocycles. The summed E-state index contributed by atoms with van der Waals surface area (Å²) in [5.41, 5.74) is 0. The molecule has 0 unspecified atom stereocenters. The SMILES string of the molecule is CCCCCCCCCCCCP(=O)=O. The van der Waals surface area contributed by atoms with Crippen molar-refractivity contribution >= 4 is 7.68 Å². The molecule has 0 N–H and O–H groups in total. The summed E-state index contributed by atoms with van der Waals surface area (Å²) >= 11 is 0. The van der Waals surface area contributed by atoms with Gasteiger partial charge in [0, 0.05) is 0 Å². The fourth-order valence-electron chi connectivity index (χ4n) is 1.73. The van der Waals surface area contributed by atoms with E-state index >= 15 is 0 Å². The Labute approximate surface area is 94.7 Å². The lowest BCUT2D eigenvalue weighted by atomic mass is 10.1. The van der Waals surface area contributed by atoms with Crippen LogP contribution in [0.3, 0.4) is 0 Å². The van der Waals surface area contributed by atoms with Crippen LogP contribution in [0.5, 0.6) is 0 Å². The first-order valence-electron chi connectivity index (χ1n) is 6.39. The van der Waals surface area contributed by atoms with E-state index in [2.05, 4.69) is 6.92 Å². The summed E-state index contributed by atoms with van der Waals surface area (Å²) in [6, 6.07) is 0. The van der Waals surface area contributed by atoms with E-state index in [0.29, 0.717) is 6.16 Å². The van der Waals surface area contributed by atoms with Crippen molar-refractivity contribution in [1.29, 1.82) is 0 Å². The molecule has 90 valence electrons. The zero-order valence-electron chi connectivity index (χ0n) is 10.0. The average molecular weight is 232 g/mol. The van der Waals surface area contributed by atoms with Gasteiger partial charge in [-0.05, 0) is 6.42 Å². The Bertz CT molecular complexity index is 180. The van der Waals surface area contributed by atoms with Crippen LogP contribution in [0.1, 0.15) is 71.1 Å². The van der Waals surface area contributed by atoms with Gasteiger partial charge in [0.25, 0.3) is 0 Å².